The van der Waals surface area contributed by atoms with Crippen molar-refractivity contribution in [3.8, 4) is 0 Å². The summed E-state index contributed by atoms with van der Waals surface area (Å²) in [5.41, 5.74) is 1.06. The minimum absolute atomic E-state index is 0.0851. The maximum absolute atomic E-state index is 10.6. The van der Waals surface area contributed by atoms with Crippen LogP contribution in [-0.2, 0) is 0 Å². The molecular formula is C18H13N3O2. The van der Waals surface area contributed by atoms with Crippen LogP contribution in [0.1, 0.15) is 0 Å². The standard InChI is InChI=1S/C9H6N2O2.C9H7N/c12-11(13)9-8-4-2-1-3-7(8)5-6-10-9;1-2-6-9-8(4-1)5-3-7-10-9/h1-6H;1-7H. The Morgan fingerprint density at radius 3 is 2.22 bits per heavy atom. The third-order valence-corrected chi connectivity index (χ3v) is 3.34. The van der Waals surface area contributed by atoms with E-state index in [9.17, 15) is 10.1 Å². The molecule has 2 heterocycles. The first-order chi connectivity index (χ1) is 11.3. The normalized spacial score (nSPS) is 10.1. The van der Waals surface area contributed by atoms with Gasteiger partial charge in [-0.05, 0) is 39.6 Å². The number of nitro groups is 1. The van der Waals surface area contributed by atoms with Gasteiger partial charge in [0.25, 0.3) is 0 Å². The van der Waals surface area contributed by atoms with Crippen molar-refractivity contribution in [2.24, 2.45) is 0 Å². The lowest BCUT2D eigenvalue weighted by Gasteiger charge is -1.96. The molecule has 0 bridgehead atoms. The number of aromatic nitrogens is 2. The summed E-state index contributed by atoms with van der Waals surface area (Å²) in [4.78, 5) is 18.0. The molecule has 2 aromatic carbocycles. The van der Waals surface area contributed by atoms with E-state index in [0.717, 1.165) is 10.9 Å². The van der Waals surface area contributed by atoms with E-state index >= 15 is 0 Å². The van der Waals surface area contributed by atoms with Gasteiger partial charge in [-0.25, -0.2) is 0 Å². The Kier molecular flexibility index (Phi) is 4.20. The monoisotopic (exact) mass is 303 g/mol. The van der Waals surface area contributed by atoms with Crippen LogP contribution in [0.3, 0.4) is 0 Å². The van der Waals surface area contributed by atoms with Gasteiger partial charge in [-0.3, -0.25) is 4.98 Å². The minimum Gasteiger partial charge on any atom is -0.358 e. The predicted molar refractivity (Wildman–Crippen MR) is 90.1 cm³/mol. The zero-order valence-corrected chi connectivity index (χ0v) is 12.2. The SMILES string of the molecule is O=[N+]([O-])c1nccc2ccccc12.c1ccc2ncccc2c1. The third-order valence-electron chi connectivity index (χ3n) is 3.34. The summed E-state index contributed by atoms with van der Waals surface area (Å²) in [6.45, 7) is 0. The molecule has 5 nitrogen and oxygen atoms in total. The fourth-order valence-electron chi connectivity index (χ4n) is 2.27. The lowest BCUT2D eigenvalue weighted by molar-refractivity contribution is -0.387. The first-order valence-corrected chi connectivity index (χ1v) is 7.03. The second-order valence-corrected chi connectivity index (χ2v) is 4.81. The molecule has 0 aliphatic rings. The highest BCUT2D eigenvalue weighted by Crippen LogP contribution is 2.21. The molecule has 0 saturated heterocycles. The number of pyridine rings is 2. The topological polar surface area (TPSA) is 68.9 Å². The fourth-order valence-corrected chi connectivity index (χ4v) is 2.27. The van der Waals surface area contributed by atoms with Crippen LogP contribution < -0.4 is 0 Å². The molecule has 0 spiro atoms. The summed E-state index contributed by atoms with van der Waals surface area (Å²) in [7, 11) is 0. The number of fused-ring (bicyclic) bond motifs is 2. The van der Waals surface area contributed by atoms with E-state index in [0.29, 0.717) is 5.39 Å². The van der Waals surface area contributed by atoms with Crippen molar-refractivity contribution < 1.29 is 4.92 Å². The lowest BCUT2D eigenvalue weighted by atomic mass is 10.2. The largest absolute Gasteiger partial charge is 0.371 e. The van der Waals surface area contributed by atoms with Crippen molar-refractivity contribution in [2.75, 3.05) is 0 Å². The molecular weight excluding hydrogens is 290 g/mol. The molecule has 0 radical (unpaired) electrons. The van der Waals surface area contributed by atoms with Gasteiger partial charge in [-0.15, -0.1) is 0 Å². The van der Waals surface area contributed by atoms with Gasteiger partial charge < -0.3 is 10.1 Å². The Balaban J connectivity index is 0.000000140. The van der Waals surface area contributed by atoms with Crippen LogP contribution in [0.5, 0.6) is 0 Å². The summed E-state index contributed by atoms with van der Waals surface area (Å²) in [6, 6.07) is 21.0. The average Bonchev–Trinajstić information content (AvgIpc) is 2.62. The molecule has 0 unspecified atom stereocenters. The summed E-state index contributed by atoms with van der Waals surface area (Å²) >= 11 is 0. The Morgan fingerprint density at radius 2 is 1.43 bits per heavy atom. The highest BCUT2D eigenvalue weighted by Gasteiger charge is 2.10. The van der Waals surface area contributed by atoms with E-state index in [2.05, 4.69) is 22.1 Å². The maximum atomic E-state index is 10.6. The van der Waals surface area contributed by atoms with Crippen molar-refractivity contribution in [2.45, 2.75) is 0 Å². The predicted octanol–water partition coefficient (Wildman–Crippen LogP) is 4.38. The molecule has 2 aromatic heterocycles. The maximum Gasteiger partial charge on any atom is 0.371 e. The van der Waals surface area contributed by atoms with Gasteiger partial charge in [0.1, 0.15) is 6.20 Å². The summed E-state index contributed by atoms with van der Waals surface area (Å²) in [5, 5.41) is 13.2. The van der Waals surface area contributed by atoms with E-state index in [1.165, 1.54) is 11.6 Å². The average molecular weight is 303 g/mol. The molecule has 0 aliphatic carbocycles. The van der Waals surface area contributed by atoms with Crippen molar-refractivity contribution in [1.29, 1.82) is 0 Å². The van der Waals surface area contributed by atoms with Gasteiger partial charge in [-0.1, -0.05) is 42.5 Å². The van der Waals surface area contributed by atoms with Gasteiger partial charge in [0, 0.05) is 11.6 Å². The van der Waals surface area contributed by atoms with Gasteiger partial charge in [0.15, 0.2) is 0 Å². The molecule has 0 atom stereocenters. The molecule has 23 heavy (non-hydrogen) atoms. The second-order valence-electron chi connectivity index (χ2n) is 4.81. The number of para-hydroxylation sites is 1. The van der Waals surface area contributed by atoms with Gasteiger partial charge in [0.05, 0.1) is 10.9 Å². The molecule has 4 aromatic rings. The quantitative estimate of drug-likeness (QED) is 0.386. The van der Waals surface area contributed by atoms with Crippen molar-refractivity contribution in [1.82, 2.24) is 9.97 Å². The highest BCUT2D eigenvalue weighted by molar-refractivity contribution is 5.88. The number of rotatable bonds is 1. The molecule has 0 fully saturated rings. The number of nitrogens with zero attached hydrogens (tertiary/aromatic N) is 3. The molecule has 5 heteroatoms. The lowest BCUT2D eigenvalue weighted by Crippen LogP contribution is -1.92. The Labute approximate surface area is 132 Å². The molecule has 0 saturated carbocycles. The number of hydrogen-bond donors (Lipinski definition) is 0. The first-order valence-electron chi connectivity index (χ1n) is 7.03. The molecule has 0 amide bonds. The smallest absolute Gasteiger partial charge is 0.358 e. The Morgan fingerprint density at radius 1 is 0.739 bits per heavy atom. The summed E-state index contributed by atoms with van der Waals surface area (Å²) in [5.74, 6) is -0.0851. The summed E-state index contributed by atoms with van der Waals surface area (Å²) in [6.07, 6.45) is 3.25. The number of benzene rings is 2. The fraction of sp³-hybridized carbons (Fsp3) is 0. The van der Waals surface area contributed by atoms with E-state index in [-0.39, 0.29) is 5.82 Å². The molecule has 0 aliphatic heterocycles. The third kappa shape index (κ3) is 3.29. The zero-order chi connectivity index (χ0) is 16.1. The van der Waals surface area contributed by atoms with Crippen molar-refractivity contribution in [3.05, 3.63) is 89.2 Å². The zero-order valence-electron chi connectivity index (χ0n) is 12.2. The van der Waals surface area contributed by atoms with Crippen LogP contribution in [0.4, 0.5) is 5.82 Å². The summed E-state index contributed by atoms with van der Waals surface area (Å²) < 4.78 is 0. The van der Waals surface area contributed by atoms with E-state index in [1.54, 1.807) is 18.2 Å². The molecule has 0 N–H and O–H groups in total. The van der Waals surface area contributed by atoms with Crippen molar-refractivity contribution in [3.63, 3.8) is 0 Å². The number of hydrogen-bond acceptors (Lipinski definition) is 4. The molecule has 4 rings (SSSR count). The van der Waals surface area contributed by atoms with Crippen LogP contribution in [0, 0.1) is 10.1 Å². The van der Waals surface area contributed by atoms with Gasteiger partial charge in [0.2, 0.25) is 0 Å². The van der Waals surface area contributed by atoms with Crippen LogP contribution in [0.2, 0.25) is 0 Å². The van der Waals surface area contributed by atoms with Crippen LogP contribution in [0.25, 0.3) is 21.7 Å². The van der Waals surface area contributed by atoms with E-state index in [4.69, 9.17) is 0 Å². The molecule has 112 valence electrons. The first kappa shape index (κ1) is 14.6. The Hall–Kier alpha value is -3.34. The van der Waals surface area contributed by atoms with Gasteiger partial charge in [-0.2, -0.15) is 0 Å². The van der Waals surface area contributed by atoms with Gasteiger partial charge >= 0.3 is 5.82 Å². The van der Waals surface area contributed by atoms with Crippen LogP contribution in [-0.4, -0.2) is 14.9 Å². The van der Waals surface area contributed by atoms with Crippen LogP contribution in [0.15, 0.2) is 79.1 Å². The minimum atomic E-state index is -0.470. The van der Waals surface area contributed by atoms with Crippen LogP contribution >= 0.6 is 0 Å². The van der Waals surface area contributed by atoms with Crippen molar-refractivity contribution >= 4 is 27.5 Å². The highest BCUT2D eigenvalue weighted by atomic mass is 16.6. The van der Waals surface area contributed by atoms with E-state index in [1.807, 2.05) is 42.6 Å². The second kappa shape index (κ2) is 6.62. The van der Waals surface area contributed by atoms with E-state index < -0.39 is 4.92 Å². The Bertz CT molecular complexity index is 899.